The minimum Gasteiger partial charge on any atom is -0.378 e. The van der Waals surface area contributed by atoms with Gasteiger partial charge in [-0.25, -0.2) is 4.98 Å². The highest BCUT2D eigenvalue weighted by atomic mass is 32.1. The molecule has 25 heavy (non-hydrogen) atoms. The van der Waals surface area contributed by atoms with Crippen LogP contribution in [0.15, 0.2) is 40.8 Å². The molecule has 0 aliphatic carbocycles. The maximum Gasteiger partial charge on any atom is 0.191 e. The average Bonchev–Trinajstić information content (AvgIpc) is 3.19. The van der Waals surface area contributed by atoms with E-state index in [9.17, 15) is 0 Å². The molecule has 0 spiro atoms. The zero-order valence-corrected chi connectivity index (χ0v) is 15.4. The van der Waals surface area contributed by atoms with Crippen molar-refractivity contribution in [2.24, 2.45) is 4.99 Å². The molecular weight excluding hydrogens is 334 g/mol. The van der Waals surface area contributed by atoms with E-state index in [1.165, 1.54) is 10.4 Å². The molecule has 1 aliphatic rings. The van der Waals surface area contributed by atoms with Crippen molar-refractivity contribution in [3.63, 3.8) is 0 Å². The van der Waals surface area contributed by atoms with Gasteiger partial charge in [0.05, 0.1) is 13.2 Å². The zero-order chi connectivity index (χ0) is 17.3. The molecule has 0 aromatic carbocycles. The van der Waals surface area contributed by atoms with Crippen molar-refractivity contribution in [2.45, 2.75) is 13.0 Å². The normalized spacial score (nSPS) is 15.2. The molecule has 0 saturated carbocycles. The lowest BCUT2D eigenvalue weighted by molar-refractivity contribution is 0.122. The van der Waals surface area contributed by atoms with E-state index >= 15 is 0 Å². The van der Waals surface area contributed by atoms with Crippen molar-refractivity contribution in [3.05, 3.63) is 46.3 Å². The SMILES string of the molecule is CN=C(NCCc1cccs1)NCc1cccnc1N1CCOCC1. The summed E-state index contributed by atoms with van der Waals surface area (Å²) in [6, 6.07) is 8.34. The van der Waals surface area contributed by atoms with Gasteiger partial charge in [0.2, 0.25) is 0 Å². The smallest absolute Gasteiger partial charge is 0.191 e. The summed E-state index contributed by atoms with van der Waals surface area (Å²) in [4.78, 5) is 12.5. The predicted molar refractivity (Wildman–Crippen MR) is 103 cm³/mol. The molecule has 2 aromatic rings. The Labute approximate surface area is 152 Å². The topological polar surface area (TPSA) is 61.8 Å². The van der Waals surface area contributed by atoms with E-state index in [1.807, 2.05) is 12.3 Å². The summed E-state index contributed by atoms with van der Waals surface area (Å²) in [7, 11) is 1.80. The molecule has 3 heterocycles. The van der Waals surface area contributed by atoms with Gasteiger partial charge < -0.3 is 20.3 Å². The minimum absolute atomic E-state index is 0.694. The van der Waals surface area contributed by atoms with E-state index in [0.29, 0.717) is 6.54 Å². The van der Waals surface area contributed by atoms with E-state index in [1.54, 1.807) is 18.4 Å². The number of morpholine rings is 1. The Kier molecular flexibility index (Phi) is 6.64. The highest BCUT2D eigenvalue weighted by Gasteiger charge is 2.15. The van der Waals surface area contributed by atoms with Crippen LogP contribution in [0, 0.1) is 0 Å². The lowest BCUT2D eigenvalue weighted by Crippen LogP contribution is -2.40. The van der Waals surface area contributed by atoms with Crippen molar-refractivity contribution in [2.75, 3.05) is 44.8 Å². The van der Waals surface area contributed by atoms with E-state index in [4.69, 9.17) is 4.74 Å². The van der Waals surface area contributed by atoms with Gasteiger partial charge in [0, 0.05) is 49.9 Å². The van der Waals surface area contributed by atoms with Crippen LogP contribution in [-0.4, -0.2) is 50.8 Å². The molecule has 2 aromatic heterocycles. The lowest BCUT2D eigenvalue weighted by Gasteiger charge is -2.29. The number of pyridine rings is 1. The van der Waals surface area contributed by atoms with Gasteiger partial charge in [0.1, 0.15) is 5.82 Å². The van der Waals surface area contributed by atoms with Gasteiger partial charge in [0.25, 0.3) is 0 Å². The van der Waals surface area contributed by atoms with Crippen LogP contribution in [0.5, 0.6) is 0 Å². The standard InChI is InChI=1S/C18H25N5OS/c1-19-18(21-8-6-16-5-3-13-25-16)22-14-15-4-2-7-20-17(15)23-9-11-24-12-10-23/h2-5,7,13H,6,8-12,14H2,1H3,(H2,19,21,22). The summed E-state index contributed by atoms with van der Waals surface area (Å²) in [5.74, 6) is 1.85. The Morgan fingerprint density at radius 3 is 2.92 bits per heavy atom. The number of guanidine groups is 1. The first kappa shape index (κ1) is 17.7. The molecule has 2 N–H and O–H groups in total. The van der Waals surface area contributed by atoms with E-state index in [0.717, 1.165) is 51.0 Å². The summed E-state index contributed by atoms with van der Waals surface area (Å²) in [5, 5.41) is 8.87. The fourth-order valence-corrected chi connectivity index (χ4v) is 3.50. The third-order valence-electron chi connectivity index (χ3n) is 4.09. The van der Waals surface area contributed by atoms with Crippen LogP contribution in [-0.2, 0) is 17.7 Å². The number of rotatable bonds is 6. The third kappa shape index (κ3) is 5.17. The monoisotopic (exact) mass is 359 g/mol. The third-order valence-corrected chi connectivity index (χ3v) is 5.03. The molecular formula is C18H25N5OS. The molecule has 1 saturated heterocycles. The van der Waals surface area contributed by atoms with Gasteiger partial charge in [-0.2, -0.15) is 0 Å². The van der Waals surface area contributed by atoms with Crippen LogP contribution in [0.25, 0.3) is 0 Å². The highest BCUT2D eigenvalue weighted by molar-refractivity contribution is 7.09. The van der Waals surface area contributed by atoms with E-state index < -0.39 is 0 Å². The second-order valence-corrected chi connectivity index (χ2v) is 6.80. The first-order valence-electron chi connectivity index (χ1n) is 8.60. The summed E-state index contributed by atoms with van der Waals surface area (Å²) in [5.41, 5.74) is 1.17. The molecule has 7 heteroatoms. The number of hydrogen-bond donors (Lipinski definition) is 2. The number of nitrogens with zero attached hydrogens (tertiary/aromatic N) is 3. The maximum atomic E-state index is 5.44. The van der Waals surface area contributed by atoms with Gasteiger partial charge >= 0.3 is 0 Å². The van der Waals surface area contributed by atoms with Gasteiger partial charge in [-0.15, -0.1) is 11.3 Å². The number of anilines is 1. The second-order valence-electron chi connectivity index (χ2n) is 5.77. The maximum absolute atomic E-state index is 5.44. The predicted octanol–water partition coefficient (Wildman–Crippen LogP) is 1.89. The van der Waals surface area contributed by atoms with Crippen molar-refractivity contribution in [1.82, 2.24) is 15.6 Å². The van der Waals surface area contributed by atoms with E-state index in [2.05, 4.69) is 49.1 Å². The Hall–Kier alpha value is -2.12. The number of hydrogen-bond acceptors (Lipinski definition) is 5. The van der Waals surface area contributed by atoms with Crippen LogP contribution >= 0.6 is 11.3 Å². The van der Waals surface area contributed by atoms with Gasteiger partial charge in [-0.3, -0.25) is 4.99 Å². The summed E-state index contributed by atoms with van der Waals surface area (Å²) >= 11 is 1.79. The number of aliphatic imine (C=N–C) groups is 1. The first-order valence-corrected chi connectivity index (χ1v) is 9.48. The molecule has 3 rings (SSSR count). The number of thiophene rings is 1. The van der Waals surface area contributed by atoms with Crippen LogP contribution in [0.1, 0.15) is 10.4 Å². The molecule has 134 valence electrons. The van der Waals surface area contributed by atoms with Crippen LogP contribution in [0.4, 0.5) is 5.82 Å². The Bertz CT molecular complexity index is 668. The quantitative estimate of drug-likeness (QED) is 0.609. The average molecular weight is 359 g/mol. The number of ether oxygens (including phenoxy) is 1. The van der Waals surface area contributed by atoms with E-state index in [-0.39, 0.29) is 0 Å². The first-order chi connectivity index (χ1) is 12.4. The Morgan fingerprint density at radius 2 is 2.16 bits per heavy atom. The van der Waals surface area contributed by atoms with Gasteiger partial charge in [-0.05, 0) is 23.9 Å². The van der Waals surface area contributed by atoms with Gasteiger partial charge in [-0.1, -0.05) is 12.1 Å². The zero-order valence-electron chi connectivity index (χ0n) is 14.6. The molecule has 0 unspecified atom stereocenters. The molecule has 6 nitrogen and oxygen atoms in total. The van der Waals surface area contributed by atoms with Crippen molar-refractivity contribution >= 4 is 23.1 Å². The Morgan fingerprint density at radius 1 is 1.28 bits per heavy atom. The minimum atomic E-state index is 0.694. The summed E-state index contributed by atoms with van der Waals surface area (Å²) in [6.45, 7) is 4.85. The fraction of sp³-hybridized carbons (Fsp3) is 0.444. The largest absolute Gasteiger partial charge is 0.378 e. The molecule has 0 atom stereocenters. The van der Waals surface area contributed by atoms with Crippen molar-refractivity contribution in [1.29, 1.82) is 0 Å². The molecule has 0 bridgehead atoms. The van der Waals surface area contributed by atoms with Gasteiger partial charge in [0.15, 0.2) is 5.96 Å². The summed E-state index contributed by atoms with van der Waals surface area (Å²) < 4.78 is 5.44. The molecule has 1 aliphatic heterocycles. The second kappa shape index (κ2) is 9.39. The number of aromatic nitrogens is 1. The van der Waals surface area contributed by atoms with Crippen LogP contribution in [0.2, 0.25) is 0 Å². The highest BCUT2D eigenvalue weighted by Crippen LogP contribution is 2.18. The van der Waals surface area contributed by atoms with Crippen molar-refractivity contribution in [3.8, 4) is 0 Å². The van der Waals surface area contributed by atoms with Crippen molar-refractivity contribution < 1.29 is 4.74 Å². The Balaban J connectivity index is 1.52. The lowest BCUT2D eigenvalue weighted by atomic mass is 10.2. The molecule has 0 radical (unpaired) electrons. The van der Waals surface area contributed by atoms with Crippen LogP contribution in [0.3, 0.4) is 0 Å². The van der Waals surface area contributed by atoms with Crippen LogP contribution < -0.4 is 15.5 Å². The fourth-order valence-electron chi connectivity index (χ4n) is 2.79. The molecule has 0 amide bonds. The number of nitrogens with one attached hydrogen (secondary N) is 2. The summed E-state index contributed by atoms with van der Waals surface area (Å²) in [6.07, 6.45) is 2.85. The molecule has 1 fully saturated rings.